The smallest absolute Gasteiger partial charge is 0.227 e. The van der Waals surface area contributed by atoms with Crippen molar-refractivity contribution in [2.24, 2.45) is 24.8 Å². The Morgan fingerprint density at radius 1 is 1.31 bits per heavy atom. The van der Waals surface area contributed by atoms with Gasteiger partial charge in [-0.1, -0.05) is 23.8 Å². The van der Waals surface area contributed by atoms with E-state index in [0.29, 0.717) is 22.4 Å². The number of carbonyl (C=O) groups excluding carboxylic acids is 1. The minimum absolute atomic E-state index is 0.0202. The minimum Gasteiger partial charge on any atom is -0.378 e. The Morgan fingerprint density at radius 3 is 2.83 bits per heavy atom. The third-order valence-corrected chi connectivity index (χ3v) is 6.23. The number of nitrogens with zero attached hydrogens (tertiary/aromatic N) is 5. The van der Waals surface area contributed by atoms with Crippen molar-refractivity contribution in [2.75, 3.05) is 19.4 Å². The lowest BCUT2D eigenvalue weighted by atomic mass is 9.87. The van der Waals surface area contributed by atoms with Crippen molar-refractivity contribution >= 4 is 34.4 Å². The third-order valence-electron chi connectivity index (χ3n) is 5.95. The predicted octanol–water partition coefficient (Wildman–Crippen LogP) is 2.70. The summed E-state index contributed by atoms with van der Waals surface area (Å²) in [6.45, 7) is 0. The molecule has 0 spiro atoms. The fourth-order valence-electron chi connectivity index (χ4n) is 4.58. The first kappa shape index (κ1) is 18.2. The van der Waals surface area contributed by atoms with E-state index < -0.39 is 0 Å². The molecule has 4 unspecified atom stereocenters. The van der Waals surface area contributed by atoms with Crippen LogP contribution in [0.15, 0.2) is 30.7 Å². The normalized spacial score (nSPS) is 25.1. The Balaban J connectivity index is 1.54. The number of rotatable bonds is 4. The van der Waals surface area contributed by atoms with Crippen molar-refractivity contribution in [2.45, 2.75) is 12.5 Å². The molecule has 2 N–H and O–H groups in total. The zero-order valence-corrected chi connectivity index (χ0v) is 17.2. The van der Waals surface area contributed by atoms with Gasteiger partial charge in [-0.05, 0) is 18.3 Å². The Kier molecular flexibility index (Phi) is 4.13. The number of allylic oxidation sites excluding steroid dienone is 1. The molecule has 1 amide bonds. The molecule has 9 heteroatoms. The van der Waals surface area contributed by atoms with E-state index in [1.54, 1.807) is 22.0 Å². The number of aromatic nitrogens is 5. The molecule has 1 saturated carbocycles. The van der Waals surface area contributed by atoms with Gasteiger partial charge in [0.1, 0.15) is 11.3 Å². The maximum atomic E-state index is 12.9. The molecule has 3 heterocycles. The number of fused-ring (bicyclic) bond motifs is 3. The van der Waals surface area contributed by atoms with Crippen molar-refractivity contribution in [1.29, 1.82) is 0 Å². The van der Waals surface area contributed by atoms with Gasteiger partial charge in [0, 0.05) is 33.4 Å². The maximum absolute atomic E-state index is 12.9. The molecule has 2 bridgehead atoms. The van der Waals surface area contributed by atoms with E-state index in [2.05, 4.69) is 37.5 Å². The number of hydrogen-bond donors (Lipinski definition) is 2. The van der Waals surface area contributed by atoms with Crippen LogP contribution in [0.4, 0.5) is 5.69 Å². The first-order chi connectivity index (χ1) is 13.9. The van der Waals surface area contributed by atoms with Crippen LogP contribution in [0.2, 0.25) is 5.02 Å². The fourth-order valence-corrected chi connectivity index (χ4v) is 4.77. The lowest BCUT2D eigenvalue weighted by molar-refractivity contribution is -0.133. The van der Waals surface area contributed by atoms with Gasteiger partial charge >= 0.3 is 0 Å². The number of aryl methyl sites for hydroxylation is 1. The highest BCUT2D eigenvalue weighted by Crippen LogP contribution is 2.46. The SMILES string of the molecule is CN(C)C(=O)C1C2C=CC(C2)C1Nc1c(Cl)cnc2nc(-c3cnn(C)c3)[nH]c12. The van der Waals surface area contributed by atoms with Crippen LogP contribution >= 0.6 is 11.6 Å². The number of halogens is 1. The summed E-state index contributed by atoms with van der Waals surface area (Å²) in [5.41, 5.74) is 2.92. The van der Waals surface area contributed by atoms with Gasteiger partial charge in [0.05, 0.1) is 34.6 Å². The summed E-state index contributed by atoms with van der Waals surface area (Å²) in [5, 5.41) is 8.28. The molecule has 0 radical (unpaired) electrons. The van der Waals surface area contributed by atoms with Crippen molar-refractivity contribution in [1.82, 2.24) is 29.6 Å². The van der Waals surface area contributed by atoms with Crippen LogP contribution in [0.3, 0.4) is 0 Å². The first-order valence-corrected chi connectivity index (χ1v) is 9.99. The second-order valence-corrected chi connectivity index (χ2v) is 8.45. The molecule has 3 aromatic rings. The van der Waals surface area contributed by atoms with E-state index in [9.17, 15) is 4.79 Å². The number of hydrogen-bond acceptors (Lipinski definition) is 5. The number of aromatic amines is 1. The van der Waals surface area contributed by atoms with E-state index in [1.807, 2.05) is 27.3 Å². The van der Waals surface area contributed by atoms with E-state index in [-0.39, 0.29) is 23.8 Å². The van der Waals surface area contributed by atoms with Crippen molar-refractivity contribution in [3.05, 3.63) is 35.8 Å². The molecule has 5 rings (SSSR count). The third kappa shape index (κ3) is 2.90. The van der Waals surface area contributed by atoms with Gasteiger partial charge in [-0.15, -0.1) is 0 Å². The highest BCUT2D eigenvalue weighted by Gasteiger charge is 2.49. The number of nitrogens with one attached hydrogen (secondary N) is 2. The molecule has 150 valence electrons. The lowest BCUT2D eigenvalue weighted by Gasteiger charge is -2.31. The summed E-state index contributed by atoms with van der Waals surface area (Å²) < 4.78 is 1.72. The number of H-pyrrole nitrogens is 1. The van der Waals surface area contributed by atoms with E-state index in [0.717, 1.165) is 23.2 Å². The van der Waals surface area contributed by atoms with Crippen LogP contribution in [0, 0.1) is 17.8 Å². The molecule has 0 aromatic carbocycles. The number of carbonyl (C=O) groups is 1. The molecule has 3 aromatic heterocycles. The Bertz CT molecular complexity index is 1130. The summed E-state index contributed by atoms with van der Waals surface area (Å²) in [4.78, 5) is 26.8. The van der Waals surface area contributed by atoms with Gasteiger partial charge < -0.3 is 15.2 Å². The van der Waals surface area contributed by atoms with Gasteiger partial charge in [0.15, 0.2) is 5.65 Å². The molecular formula is C20H22ClN7O. The van der Waals surface area contributed by atoms with E-state index in [4.69, 9.17) is 11.6 Å². The summed E-state index contributed by atoms with van der Waals surface area (Å²) in [7, 11) is 5.47. The molecule has 4 atom stereocenters. The van der Waals surface area contributed by atoms with Crippen LogP contribution in [-0.2, 0) is 11.8 Å². The molecule has 0 aliphatic heterocycles. The van der Waals surface area contributed by atoms with Gasteiger partial charge in [0.25, 0.3) is 0 Å². The highest BCUT2D eigenvalue weighted by atomic mass is 35.5. The van der Waals surface area contributed by atoms with Gasteiger partial charge in [-0.25, -0.2) is 9.97 Å². The second-order valence-electron chi connectivity index (χ2n) is 8.04. The zero-order valence-electron chi connectivity index (χ0n) is 16.4. The number of pyridine rings is 1. The maximum Gasteiger partial charge on any atom is 0.227 e. The van der Waals surface area contributed by atoms with Crippen LogP contribution < -0.4 is 5.32 Å². The summed E-state index contributed by atoms with van der Waals surface area (Å²) >= 11 is 6.53. The molecule has 1 fully saturated rings. The molecule has 2 aliphatic carbocycles. The summed E-state index contributed by atoms with van der Waals surface area (Å²) in [6.07, 6.45) is 10.6. The standard InChI is InChI=1S/C20H22ClN7O/c1-27(2)20(29)14-10-4-5-11(6-10)15(14)24-16-13(21)8-22-19-17(16)25-18(26-19)12-7-23-28(3)9-12/h4-5,7-11,14-15H,6H2,1-3H3,(H2,22,24,25,26). The highest BCUT2D eigenvalue weighted by molar-refractivity contribution is 6.34. The van der Waals surface area contributed by atoms with E-state index >= 15 is 0 Å². The molecular weight excluding hydrogens is 390 g/mol. The Labute approximate surface area is 173 Å². The van der Waals surface area contributed by atoms with Gasteiger partial charge in [0.2, 0.25) is 5.91 Å². The number of amides is 1. The van der Waals surface area contributed by atoms with Crippen molar-refractivity contribution in [3.63, 3.8) is 0 Å². The fraction of sp³-hybridized carbons (Fsp3) is 0.400. The molecule has 2 aliphatic rings. The van der Waals surface area contributed by atoms with Crippen LogP contribution in [0.1, 0.15) is 6.42 Å². The van der Waals surface area contributed by atoms with Gasteiger partial charge in [-0.3, -0.25) is 9.48 Å². The molecule has 29 heavy (non-hydrogen) atoms. The average Bonchev–Trinajstić information content (AvgIpc) is 3.45. The predicted molar refractivity (Wildman–Crippen MR) is 111 cm³/mol. The monoisotopic (exact) mass is 411 g/mol. The van der Waals surface area contributed by atoms with Crippen molar-refractivity contribution in [3.8, 4) is 11.4 Å². The lowest BCUT2D eigenvalue weighted by Crippen LogP contribution is -2.43. The van der Waals surface area contributed by atoms with Crippen molar-refractivity contribution < 1.29 is 4.79 Å². The Hall–Kier alpha value is -2.87. The largest absolute Gasteiger partial charge is 0.378 e. The second kappa shape index (κ2) is 6.59. The van der Waals surface area contributed by atoms with Crippen LogP contribution in [0.25, 0.3) is 22.6 Å². The van der Waals surface area contributed by atoms with Crippen LogP contribution in [0.5, 0.6) is 0 Å². The van der Waals surface area contributed by atoms with Crippen LogP contribution in [-0.4, -0.2) is 55.7 Å². The molecule has 0 saturated heterocycles. The quantitative estimate of drug-likeness (QED) is 0.644. The minimum atomic E-state index is -0.111. The van der Waals surface area contributed by atoms with E-state index in [1.165, 1.54) is 0 Å². The molecule has 8 nitrogen and oxygen atoms in total. The van der Waals surface area contributed by atoms with Gasteiger partial charge in [-0.2, -0.15) is 5.10 Å². The number of imidazole rings is 1. The topological polar surface area (TPSA) is 91.7 Å². The average molecular weight is 412 g/mol. The summed E-state index contributed by atoms with van der Waals surface area (Å²) in [5.74, 6) is 1.27. The number of anilines is 1. The summed E-state index contributed by atoms with van der Waals surface area (Å²) in [6, 6.07) is -0.0202. The Morgan fingerprint density at radius 2 is 2.10 bits per heavy atom. The first-order valence-electron chi connectivity index (χ1n) is 9.61. The zero-order chi connectivity index (χ0) is 20.3.